The van der Waals surface area contributed by atoms with Gasteiger partial charge in [0.2, 0.25) is 0 Å². The Hall–Kier alpha value is -1.55. The first-order chi connectivity index (χ1) is 7.45. The third kappa shape index (κ3) is 2.73. The van der Waals surface area contributed by atoms with Crippen LogP contribution < -0.4 is 10.5 Å². The molecule has 0 radical (unpaired) electrons. The van der Waals surface area contributed by atoms with Crippen LogP contribution in [0, 0.1) is 13.8 Å². The summed E-state index contributed by atoms with van der Waals surface area (Å²) < 4.78 is 5.14. The van der Waals surface area contributed by atoms with E-state index in [0.29, 0.717) is 6.42 Å². The highest BCUT2D eigenvalue weighted by molar-refractivity contribution is 5.73. The number of carboxylic acid groups (broad SMARTS) is 1. The van der Waals surface area contributed by atoms with E-state index in [1.54, 1.807) is 7.11 Å². The zero-order valence-electron chi connectivity index (χ0n) is 9.78. The summed E-state index contributed by atoms with van der Waals surface area (Å²) in [5, 5.41) is 8.78. The van der Waals surface area contributed by atoms with Gasteiger partial charge in [0.05, 0.1) is 7.11 Å². The van der Waals surface area contributed by atoms with Crippen LogP contribution in [0.2, 0.25) is 0 Å². The zero-order chi connectivity index (χ0) is 12.3. The molecular formula is C12H17NO3. The maximum Gasteiger partial charge on any atom is 0.320 e. The molecule has 0 saturated heterocycles. The van der Waals surface area contributed by atoms with Crippen LogP contribution in [0.3, 0.4) is 0 Å². The van der Waals surface area contributed by atoms with Crippen LogP contribution >= 0.6 is 0 Å². The maximum atomic E-state index is 10.7. The molecule has 1 aromatic carbocycles. The lowest BCUT2D eigenvalue weighted by Gasteiger charge is -2.14. The van der Waals surface area contributed by atoms with E-state index in [2.05, 4.69) is 0 Å². The number of hydrogen-bond acceptors (Lipinski definition) is 3. The third-order valence-electron chi connectivity index (χ3n) is 2.65. The standard InChI is InChI=1S/C12H17NO3/c1-7-4-9(16-3)5-8(2)10(7)6-11(13)12(14)15/h4-5,11H,6,13H2,1-3H3,(H,14,15)/t11-/m1/s1. The number of methoxy groups -OCH3 is 1. The summed E-state index contributed by atoms with van der Waals surface area (Å²) in [6, 6.07) is 2.92. The minimum atomic E-state index is -0.977. The number of hydrogen-bond donors (Lipinski definition) is 2. The van der Waals surface area contributed by atoms with Crippen molar-refractivity contribution < 1.29 is 14.6 Å². The van der Waals surface area contributed by atoms with Crippen molar-refractivity contribution in [2.75, 3.05) is 7.11 Å². The van der Waals surface area contributed by atoms with Gasteiger partial charge in [-0.05, 0) is 49.1 Å². The summed E-state index contributed by atoms with van der Waals surface area (Å²) in [4.78, 5) is 10.7. The van der Waals surface area contributed by atoms with Crippen molar-refractivity contribution >= 4 is 5.97 Å². The molecule has 0 bridgehead atoms. The van der Waals surface area contributed by atoms with Crippen LogP contribution in [0.4, 0.5) is 0 Å². The monoisotopic (exact) mass is 223 g/mol. The topological polar surface area (TPSA) is 72.5 Å². The predicted molar refractivity (Wildman–Crippen MR) is 61.8 cm³/mol. The maximum absolute atomic E-state index is 10.7. The van der Waals surface area contributed by atoms with Crippen molar-refractivity contribution in [1.29, 1.82) is 0 Å². The molecule has 88 valence electrons. The number of ether oxygens (including phenoxy) is 1. The molecule has 0 aliphatic carbocycles. The highest BCUT2D eigenvalue weighted by atomic mass is 16.5. The SMILES string of the molecule is COc1cc(C)c(C[C@@H](N)C(=O)O)c(C)c1. The van der Waals surface area contributed by atoms with Crippen LogP contribution in [-0.4, -0.2) is 24.2 Å². The third-order valence-corrected chi connectivity index (χ3v) is 2.65. The van der Waals surface area contributed by atoms with E-state index in [1.165, 1.54) is 0 Å². The van der Waals surface area contributed by atoms with Gasteiger partial charge in [-0.25, -0.2) is 0 Å². The largest absolute Gasteiger partial charge is 0.497 e. The van der Waals surface area contributed by atoms with Crippen molar-refractivity contribution in [1.82, 2.24) is 0 Å². The fourth-order valence-electron chi connectivity index (χ4n) is 1.70. The van der Waals surface area contributed by atoms with Gasteiger partial charge in [-0.2, -0.15) is 0 Å². The van der Waals surface area contributed by atoms with E-state index >= 15 is 0 Å². The Labute approximate surface area is 95.0 Å². The number of carbonyl (C=O) groups is 1. The Morgan fingerprint density at radius 1 is 1.44 bits per heavy atom. The molecule has 0 aliphatic heterocycles. The molecule has 0 aromatic heterocycles. The van der Waals surface area contributed by atoms with Crippen LogP contribution in [0.1, 0.15) is 16.7 Å². The van der Waals surface area contributed by atoms with Gasteiger partial charge in [0, 0.05) is 0 Å². The molecule has 0 saturated carbocycles. The van der Waals surface area contributed by atoms with Crippen molar-refractivity contribution in [3.8, 4) is 5.75 Å². The van der Waals surface area contributed by atoms with E-state index < -0.39 is 12.0 Å². The molecule has 0 unspecified atom stereocenters. The lowest BCUT2D eigenvalue weighted by Crippen LogP contribution is -2.32. The van der Waals surface area contributed by atoms with E-state index in [9.17, 15) is 4.79 Å². The van der Waals surface area contributed by atoms with Gasteiger partial charge in [-0.1, -0.05) is 0 Å². The molecule has 4 nitrogen and oxygen atoms in total. The fraction of sp³-hybridized carbons (Fsp3) is 0.417. The van der Waals surface area contributed by atoms with Crippen LogP contribution in [0.15, 0.2) is 12.1 Å². The van der Waals surface area contributed by atoms with Gasteiger partial charge in [0.1, 0.15) is 11.8 Å². The smallest absolute Gasteiger partial charge is 0.320 e. The van der Waals surface area contributed by atoms with E-state index in [4.69, 9.17) is 15.6 Å². The number of nitrogens with two attached hydrogens (primary N) is 1. The summed E-state index contributed by atoms with van der Waals surface area (Å²) in [7, 11) is 1.61. The van der Waals surface area contributed by atoms with Gasteiger partial charge in [0.25, 0.3) is 0 Å². The van der Waals surface area contributed by atoms with E-state index in [0.717, 1.165) is 22.4 Å². The molecule has 0 fully saturated rings. The Kier molecular flexibility index (Phi) is 3.90. The highest BCUT2D eigenvalue weighted by Crippen LogP contribution is 2.22. The Morgan fingerprint density at radius 3 is 2.31 bits per heavy atom. The zero-order valence-corrected chi connectivity index (χ0v) is 9.78. The lowest BCUT2D eigenvalue weighted by atomic mass is 9.96. The average molecular weight is 223 g/mol. The van der Waals surface area contributed by atoms with Crippen molar-refractivity contribution in [3.05, 3.63) is 28.8 Å². The minimum absolute atomic E-state index is 0.344. The molecule has 16 heavy (non-hydrogen) atoms. The Bertz CT molecular complexity index is 378. The van der Waals surface area contributed by atoms with Crippen LogP contribution in [0.5, 0.6) is 5.75 Å². The van der Waals surface area contributed by atoms with Gasteiger partial charge in [-0.3, -0.25) is 4.79 Å². The number of aliphatic carboxylic acids is 1. The van der Waals surface area contributed by atoms with Crippen LogP contribution in [0.25, 0.3) is 0 Å². The van der Waals surface area contributed by atoms with Crippen molar-refractivity contribution in [2.24, 2.45) is 5.73 Å². The molecule has 4 heteroatoms. The Balaban J connectivity index is 3.01. The summed E-state index contributed by atoms with van der Waals surface area (Å²) in [6.45, 7) is 3.86. The lowest BCUT2D eigenvalue weighted by molar-refractivity contribution is -0.138. The summed E-state index contributed by atoms with van der Waals surface area (Å²) in [6.07, 6.45) is 0.344. The first-order valence-corrected chi connectivity index (χ1v) is 5.08. The molecule has 3 N–H and O–H groups in total. The van der Waals surface area contributed by atoms with Crippen molar-refractivity contribution in [2.45, 2.75) is 26.3 Å². The molecule has 0 aliphatic rings. The number of aryl methyl sites for hydroxylation is 2. The first-order valence-electron chi connectivity index (χ1n) is 5.08. The quantitative estimate of drug-likeness (QED) is 0.806. The first kappa shape index (κ1) is 12.5. The molecular weight excluding hydrogens is 206 g/mol. The highest BCUT2D eigenvalue weighted by Gasteiger charge is 2.15. The number of carboxylic acids is 1. The van der Waals surface area contributed by atoms with Gasteiger partial charge in [0.15, 0.2) is 0 Å². The summed E-state index contributed by atoms with van der Waals surface area (Å²) in [5.41, 5.74) is 8.52. The van der Waals surface area contributed by atoms with Crippen LogP contribution in [-0.2, 0) is 11.2 Å². The molecule has 1 aromatic rings. The van der Waals surface area contributed by atoms with Crippen molar-refractivity contribution in [3.63, 3.8) is 0 Å². The normalized spacial score (nSPS) is 12.2. The summed E-state index contributed by atoms with van der Waals surface area (Å²) >= 11 is 0. The Morgan fingerprint density at radius 2 is 1.94 bits per heavy atom. The molecule has 0 heterocycles. The number of benzene rings is 1. The molecule has 0 spiro atoms. The average Bonchev–Trinajstić information content (AvgIpc) is 2.22. The van der Waals surface area contributed by atoms with Gasteiger partial charge >= 0.3 is 5.97 Å². The van der Waals surface area contributed by atoms with Gasteiger partial charge < -0.3 is 15.6 Å². The second-order valence-corrected chi connectivity index (χ2v) is 3.89. The molecule has 0 amide bonds. The second kappa shape index (κ2) is 4.99. The fourth-order valence-corrected chi connectivity index (χ4v) is 1.70. The number of rotatable bonds is 4. The summed E-state index contributed by atoms with van der Waals surface area (Å²) in [5.74, 6) is -0.197. The molecule has 1 atom stereocenters. The minimum Gasteiger partial charge on any atom is -0.497 e. The van der Waals surface area contributed by atoms with E-state index in [1.807, 2.05) is 26.0 Å². The predicted octanol–water partition coefficient (Wildman–Crippen LogP) is 1.27. The second-order valence-electron chi connectivity index (χ2n) is 3.89. The molecule has 1 rings (SSSR count). The van der Waals surface area contributed by atoms with Gasteiger partial charge in [-0.15, -0.1) is 0 Å². The van der Waals surface area contributed by atoms with E-state index in [-0.39, 0.29) is 0 Å².